The Balaban J connectivity index is 1.50. The van der Waals surface area contributed by atoms with Gasteiger partial charge in [0.15, 0.2) is 5.82 Å². The number of nitrogens with two attached hydrogens (primary N) is 1. The molecule has 0 saturated carbocycles. The fourth-order valence-corrected chi connectivity index (χ4v) is 4.79. The number of hydrazine groups is 1. The van der Waals surface area contributed by atoms with Crippen molar-refractivity contribution >= 4 is 29.6 Å². The second kappa shape index (κ2) is 10.2. The number of halogens is 2. The van der Waals surface area contributed by atoms with Crippen LogP contribution in [0.25, 0.3) is 11.3 Å². The Hall–Kier alpha value is -3.26. The first-order valence-corrected chi connectivity index (χ1v) is 11.8. The van der Waals surface area contributed by atoms with Crippen LogP contribution in [-0.2, 0) is 16.1 Å². The lowest BCUT2D eigenvalue weighted by molar-refractivity contribution is -0.112. The maximum atomic E-state index is 13.2. The fourth-order valence-electron chi connectivity index (χ4n) is 3.74. The van der Waals surface area contributed by atoms with Crippen molar-refractivity contribution < 1.29 is 23.0 Å². The minimum Gasteiger partial charge on any atom is -0.434 e. The van der Waals surface area contributed by atoms with E-state index in [4.69, 9.17) is 15.2 Å². The molecule has 0 unspecified atom stereocenters. The number of hydrogen-bond donors (Lipinski definition) is 3. The summed E-state index contributed by atoms with van der Waals surface area (Å²) in [5.74, 6) is 0.0636. The third kappa shape index (κ3) is 5.07. The number of amides is 1. The van der Waals surface area contributed by atoms with Crippen LogP contribution in [0.5, 0.6) is 5.75 Å². The summed E-state index contributed by atoms with van der Waals surface area (Å²) in [5.41, 5.74) is 10.2. The number of rotatable bonds is 9. The number of benzene rings is 1. The van der Waals surface area contributed by atoms with Crippen LogP contribution in [-0.4, -0.2) is 65.1 Å². The van der Waals surface area contributed by atoms with Gasteiger partial charge in [-0.15, -0.1) is 11.8 Å². The molecular weight excluding hydrogens is 480 g/mol. The van der Waals surface area contributed by atoms with Gasteiger partial charge in [0.25, 0.3) is 5.91 Å². The molecular formula is C22H23F2N7O3S. The highest BCUT2D eigenvalue weighted by molar-refractivity contribution is 8.00. The zero-order chi connectivity index (χ0) is 24.4. The molecule has 4 N–H and O–H groups in total. The maximum absolute atomic E-state index is 13.2. The Morgan fingerprint density at radius 1 is 1.40 bits per heavy atom. The van der Waals surface area contributed by atoms with E-state index in [0.717, 1.165) is 4.90 Å². The molecule has 0 atom stereocenters. The molecule has 1 fully saturated rings. The maximum Gasteiger partial charge on any atom is 0.387 e. The van der Waals surface area contributed by atoms with Crippen molar-refractivity contribution in [2.75, 3.05) is 31.6 Å². The number of aromatic nitrogens is 2. The Morgan fingerprint density at radius 3 is 3.00 bits per heavy atom. The van der Waals surface area contributed by atoms with Crippen molar-refractivity contribution in [3.63, 3.8) is 0 Å². The van der Waals surface area contributed by atoms with Gasteiger partial charge in [-0.1, -0.05) is 0 Å². The molecule has 2 aromatic rings. The number of carbonyl (C=O) groups excluding carboxylic acids is 1. The molecule has 1 amide bonds. The molecule has 1 aromatic heterocycles. The van der Waals surface area contributed by atoms with Crippen LogP contribution in [0.4, 0.5) is 14.5 Å². The fraction of sp³-hybridized carbons (Fsp3) is 0.318. The van der Waals surface area contributed by atoms with Crippen molar-refractivity contribution in [2.24, 2.45) is 10.7 Å². The van der Waals surface area contributed by atoms with Gasteiger partial charge < -0.3 is 20.5 Å². The molecule has 0 aliphatic carbocycles. The normalized spacial score (nSPS) is 17.2. The van der Waals surface area contributed by atoms with Gasteiger partial charge in [0, 0.05) is 42.2 Å². The molecule has 1 saturated heterocycles. The van der Waals surface area contributed by atoms with Gasteiger partial charge >= 0.3 is 6.61 Å². The van der Waals surface area contributed by atoms with E-state index in [9.17, 15) is 13.6 Å². The Morgan fingerprint density at radius 2 is 2.26 bits per heavy atom. The molecule has 0 spiro atoms. The van der Waals surface area contributed by atoms with Crippen LogP contribution in [0.3, 0.4) is 0 Å². The monoisotopic (exact) mass is 503 g/mol. The summed E-state index contributed by atoms with van der Waals surface area (Å²) in [6.07, 6.45) is 6.73. The number of thioether (sulfide) groups is 1. The van der Waals surface area contributed by atoms with Crippen LogP contribution in [0.2, 0.25) is 0 Å². The van der Waals surface area contributed by atoms with Gasteiger partial charge in [-0.05, 0) is 24.3 Å². The molecule has 0 bridgehead atoms. The summed E-state index contributed by atoms with van der Waals surface area (Å²) in [7, 11) is 0. The number of nitrogens with one attached hydrogen (secondary N) is 2. The predicted molar refractivity (Wildman–Crippen MR) is 127 cm³/mol. The molecule has 3 aliphatic heterocycles. The molecule has 13 heteroatoms. The lowest BCUT2D eigenvalue weighted by Gasteiger charge is -2.25. The number of allylic oxidation sites excluding steroid dienone is 1. The minimum atomic E-state index is -3.02. The lowest BCUT2D eigenvalue weighted by Crippen LogP contribution is -2.30. The highest BCUT2D eigenvalue weighted by Crippen LogP contribution is 2.39. The van der Waals surface area contributed by atoms with Gasteiger partial charge in [-0.25, -0.2) is 10.4 Å². The van der Waals surface area contributed by atoms with Gasteiger partial charge in [0.2, 0.25) is 0 Å². The second-order valence-electron chi connectivity index (χ2n) is 7.84. The first kappa shape index (κ1) is 23.5. The predicted octanol–water partition coefficient (Wildman–Crippen LogP) is 2.17. The molecule has 184 valence electrons. The van der Waals surface area contributed by atoms with Gasteiger partial charge in [0.05, 0.1) is 36.3 Å². The summed E-state index contributed by atoms with van der Waals surface area (Å²) >= 11 is 1.58. The summed E-state index contributed by atoms with van der Waals surface area (Å²) in [5, 5.41) is 9.35. The van der Waals surface area contributed by atoms with E-state index in [1.807, 2.05) is 0 Å². The highest BCUT2D eigenvalue weighted by Gasteiger charge is 2.28. The van der Waals surface area contributed by atoms with Crippen molar-refractivity contribution in [3.8, 4) is 17.0 Å². The summed E-state index contributed by atoms with van der Waals surface area (Å²) in [4.78, 5) is 18.3. The molecule has 5 rings (SSSR count). The number of alkyl halides is 2. The van der Waals surface area contributed by atoms with Gasteiger partial charge in [-0.2, -0.15) is 13.9 Å². The summed E-state index contributed by atoms with van der Waals surface area (Å²) in [6.45, 7) is -0.799. The molecule has 3 aliphatic rings. The van der Waals surface area contributed by atoms with Gasteiger partial charge in [-0.3, -0.25) is 14.5 Å². The Bertz CT molecular complexity index is 1210. The smallest absolute Gasteiger partial charge is 0.387 e. The van der Waals surface area contributed by atoms with Crippen molar-refractivity contribution in [1.29, 1.82) is 0 Å². The minimum absolute atomic E-state index is 0.0412. The van der Waals surface area contributed by atoms with E-state index >= 15 is 0 Å². The van der Waals surface area contributed by atoms with Crippen molar-refractivity contribution in [2.45, 2.75) is 23.3 Å². The summed E-state index contributed by atoms with van der Waals surface area (Å²) in [6, 6.07) is 4.95. The van der Waals surface area contributed by atoms with Crippen LogP contribution >= 0.6 is 11.8 Å². The molecule has 1 aromatic carbocycles. The van der Waals surface area contributed by atoms with Crippen LogP contribution in [0, 0.1) is 0 Å². The number of nitrogens with zero attached hydrogens (tertiary/aromatic N) is 4. The van der Waals surface area contributed by atoms with Crippen molar-refractivity contribution in [1.82, 2.24) is 20.2 Å². The number of anilines is 1. The number of fused-ring (bicyclic) bond motifs is 1. The molecule has 35 heavy (non-hydrogen) atoms. The summed E-state index contributed by atoms with van der Waals surface area (Å²) < 4.78 is 38.0. The average molecular weight is 504 g/mol. The van der Waals surface area contributed by atoms with E-state index in [2.05, 4.69) is 20.8 Å². The Labute approximate surface area is 203 Å². The third-order valence-corrected chi connectivity index (χ3v) is 6.55. The van der Waals surface area contributed by atoms with E-state index in [-0.39, 0.29) is 23.5 Å². The lowest BCUT2D eigenvalue weighted by atomic mass is 10.1. The zero-order valence-electron chi connectivity index (χ0n) is 18.5. The SMILES string of the molecule is NCCn1cc(NC(=O)C2=C3N=CC=CN3NC2)c(-c2cc(SC3COC3)ccc2OC(F)F)n1. The number of hydrogen-bond acceptors (Lipinski definition) is 9. The number of carbonyl (C=O) groups is 1. The largest absolute Gasteiger partial charge is 0.434 e. The van der Waals surface area contributed by atoms with E-state index in [0.29, 0.717) is 54.6 Å². The first-order chi connectivity index (χ1) is 17.0. The Kier molecular flexibility index (Phi) is 6.81. The topological polar surface area (TPSA) is 119 Å². The second-order valence-corrected chi connectivity index (χ2v) is 9.21. The van der Waals surface area contributed by atoms with E-state index in [1.54, 1.807) is 58.3 Å². The zero-order valence-corrected chi connectivity index (χ0v) is 19.3. The van der Waals surface area contributed by atoms with E-state index in [1.165, 1.54) is 6.07 Å². The average Bonchev–Trinajstić information content (AvgIpc) is 3.41. The van der Waals surface area contributed by atoms with Gasteiger partial charge in [0.1, 0.15) is 11.4 Å². The van der Waals surface area contributed by atoms with Crippen LogP contribution in [0.15, 0.2) is 58.0 Å². The standard InChI is InChI=1S/C22H23F2N7O3S/c23-22(24)34-18-3-2-13(35-14-11-33-12-14)8-15(18)19-17(10-30(29-19)7-4-25)28-21(32)16-9-27-31-6-1-5-26-20(16)31/h1-3,5-6,8,10,14,22,27H,4,7,9,11-12,25H2,(H,28,32). The highest BCUT2D eigenvalue weighted by atomic mass is 32.2. The number of ether oxygens (including phenoxy) is 2. The quantitative estimate of drug-likeness (QED) is 0.477. The molecule has 0 radical (unpaired) electrons. The third-order valence-electron chi connectivity index (χ3n) is 5.42. The van der Waals surface area contributed by atoms with E-state index < -0.39 is 6.61 Å². The number of aliphatic imine (C=N–C) groups is 1. The molecule has 10 nitrogen and oxygen atoms in total. The first-order valence-electron chi connectivity index (χ1n) is 10.9. The van der Waals surface area contributed by atoms with Crippen molar-refractivity contribution in [3.05, 3.63) is 48.1 Å². The van der Waals surface area contributed by atoms with Crippen LogP contribution in [0.1, 0.15) is 0 Å². The van der Waals surface area contributed by atoms with Crippen LogP contribution < -0.4 is 21.2 Å². The molecule has 4 heterocycles.